The van der Waals surface area contributed by atoms with Gasteiger partial charge in [-0.05, 0) is 61.4 Å². The summed E-state index contributed by atoms with van der Waals surface area (Å²) >= 11 is 7.62. The first-order chi connectivity index (χ1) is 16.0. The van der Waals surface area contributed by atoms with E-state index in [9.17, 15) is 10.1 Å². The van der Waals surface area contributed by atoms with Crippen LogP contribution in [0.15, 0.2) is 48.5 Å². The van der Waals surface area contributed by atoms with Crippen molar-refractivity contribution in [2.75, 3.05) is 5.32 Å². The van der Waals surface area contributed by atoms with Crippen LogP contribution in [0.5, 0.6) is 0 Å². The predicted octanol–water partition coefficient (Wildman–Crippen LogP) is 7.17. The Kier molecular flexibility index (Phi) is 5.65. The molecule has 1 unspecified atom stereocenters. The largest absolute Gasteiger partial charge is 0.312 e. The van der Waals surface area contributed by atoms with E-state index in [-0.39, 0.29) is 5.91 Å². The summed E-state index contributed by atoms with van der Waals surface area (Å²) in [6.45, 7) is 4.16. The van der Waals surface area contributed by atoms with Crippen molar-refractivity contribution >= 4 is 44.7 Å². The first-order valence-electron chi connectivity index (χ1n) is 11.0. The third kappa shape index (κ3) is 3.90. The Morgan fingerprint density at radius 1 is 1.21 bits per heavy atom. The van der Waals surface area contributed by atoms with Gasteiger partial charge in [-0.15, -0.1) is 11.3 Å². The molecule has 0 radical (unpaired) electrons. The van der Waals surface area contributed by atoms with Gasteiger partial charge in [-0.1, -0.05) is 48.9 Å². The van der Waals surface area contributed by atoms with Crippen molar-refractivity contribution in [3.8, 4) is 17.3 Å². The fourth-order valence-electron chi connectivity index (χ4n) is 4.61. The molecular weight excluding hydrogens is 450 g/mol. The van der Waals surface area contributed by atoms with Gasteiger partial charge < -0.3 is 5.32 Å². The van der Waals surface area contributed by atoms with Crippen molar-refractivity contribution in [1.29, 1.82) is 5.26 Å². The van der Waals surface area contributed by atoms with Gasteiger partial charge in [-0.25, -0.2) is 4.98 Å². The summed E-state index contributed by atoms with van der Waals surface area (Å²) in [6, 6.07) is 17.5. The van der Waals surface area contributed by atoms with Crippen LogP contribution in [0.3, 0.4) is 0 Å². The minimum absolute atomic E-state index is 0.218. The molecule has 0 spiro atoms. The summed E-state index contributed by atoms with van der Waals surface area (Å²) in [4.78, 5) is 19.7. The Morgan fingerprint density at radius 2 is 1.97 bits per heavy atom. The number of thiophene rings is 1. The zero-order valence-electron chi connectivity index (χ0n) is 18.4. The van der Waals surface area contributed by atoms with Crippen LogP contribution in [0.4, 0.5) is 5.00 Å². The van der Waals surface area contributed by atoms with Gasteiger partial charge in [0.2, 0.25) is 0 Å². The average molecular weight is 472 g/mol. The zero-order valence-corrected chi connectivity index (χ0v) is 20.0. The van der Waals surface area contributed by atoms with Crippen LogP contribution in [0.1, 0.15) is 45.3 Å². The van der Waals surface area contributed by atoms with Crippen LogP contribution in [0, 0.1) is 24.2 Å². The highest BCUT2D eigenvalue weighted by Crippen LogP contribution is 2.40. The SMILES string of the molecule is Cc1c(-c2ccc(Cl)cc2)nc2ccccc2c1C(=O)Nc1sc2c(c1C#N)CCC(C)C2. The van der Waals surface area contributed by atoms with E-state index in [0.717, 1.165) is 52.5 Å². The molecule has 5 rings (SSSR count). The van der Waals surface area contributed by atoms with E-state index in [1.165, 1.54) is 4.88 Å². The number of anilines is 1. The molecule has 2 aromatic heterocycles. The number of rotatable bonds is 3. The number of fused-ring (bicyclic) bond motifs is 2. The maximum atomic E-state index is 13.7. The van der Waals surface area contributed by atoms with Crippen molar-refractivity contribution in [3.05, 3.63) is 80.7 Å². The smallest absolute Gasteiger partial charge is 0.257 e. The molecular formula is C27H22ClN3OS. The molecule has 0 bridgehead atoms. The molecule has 1 aliphatic carbocycles. The lowest BCUT2D eigenvalue weighted by Crippen LogP contribution is -2.15. The number of pyridine rings is 1. The van der Waals surface area contributed by atoms with Crippen molar-refractivity contribution in [1.82, 2.24) is 4.98 Å². The number of benzene rings is 2. The first-order valence-corrected chi connectivity index (χ1v) is 12.2. The molecule has 1 N–H and O–H groups in total. The Bertz CT molecular complexity index is 1430. The highest BCUT2D eigenvalue weighted by Gasteiger charge is 2.26. The van der Waals surface area contributed by atoms with Crippen LogP contribution >= 0.6 is 22.9 Å². The fourth-order valence-corrected chi connectivity index (χ4v) is 6.09. The Hall–Kier alpha value is -3.20. The summed E-state index contributed by atoms with van der Waals surface area (Å²) in [5.74, 6) is 0.379. The minimum Gasteiger partial charge on any atom is -0.312 e. The number of carbonyl (C=O) groups excluding carboxylic acids is 1. The molecule has 2 heterocycles. The Morgan fingerprint density at radius 3 is 2.73 bits per heavy atom. The van der Waals surface area contributed by atoms with Crippen molar-refractivity contribution < 1.29 is 4.79 Å². The topological polar surface area (TPSA) is 65.8 Å². The molecule has 4 nitrogen and oxygen atoms in total. The number of para-hydroxylation sites is 1. The molecule has 1 aliphatic rings. The molecule has 0 saturated carbocycles. The van der Waals surface area contributed by atoms with Gasteiger partial charge in [0.15, 0.2) is 0 Å². The number of nitrogens with one attached hydrogen (secondary N) is 1. The Labute approximate surface area is 201 Å². The minimum atomic E-state index is -0.218. The Balaban J connectivity index is 1.62. The lowest BCUT2D eigenvalue weighted by molar-refractivity contribution is 0.102. The van der Waals surface area contributed by atoms with Gasteiger partial charge in [0.25, 0.3) is 5.91 Å². The first kappa shape index (κ1) is 21.6. The number of amides is 1. The van der Waals surface area contributed by atoms with E-state index in [4.69, 9.17) is 16.6 Å². The van der Waals surface area contributed by atoms with Crippen LogP contribution in [0.2, 0.25) is 5.02 Å². The second kappa shape index (κ2) is 8.62. The second-order valence-electron chi connectivity index (χ2n) is 8.61. The van der Waals surface area contributed by atoms with Crippen molar-refractivity contribution in [3.63, 3.8) is 0 Å². The van der Waals surface area contributed by atoms with Gasteiger partial charge in [0, 0.05) is 20.8 Å². The van der Waals surface area contributed by atoms with Crippen molar-refractivity contribution in [2.24, 2.45) is 5.92 Å². The van der Waals surface area contributed by atoms with E-state index in [0.29, 0.717) is 27.1 Å². The predicted molar refractivity (Wildman–Crippen MR) is 135 cm³/mol. The van der Waals surface area contributed by atoms with E-state index in [2.05, 4.69) is 18.3 Å². The molecule has 0 fully saturated rings. The number of hydrogen-bond acceptors (Lipinski definition) is 4. The number of halogens is 1. The van der Waals surface area contributed by atoms with Crippen LogP contribution in [0.25, 0.3) is 22.2 Å². The third-order valence-electron chi connectivity index (χ3n) is 6.33. The highest BCUT2D eigenvalue weighted by atomic mass is 35.5. The lowest BCUT2D eigenvalue weighted by atomic mass is 9.88. The average Bonchev–Trinajstić information content (AvgIpc) is 3.14. The molecule has 1 amide bonds. The van der Waals surface area contributed by atoms with E-state index >= 15 is 0 Å². The summed E-state index contributed by atoms with van der Waals surface area (Å²) in [5, 5.41) is 15.0. The second-order valence-corrected chi connectivity index (χ2v) is 10.1. The zero-order chi connectivity index (χ0) is 23.1. The molecule has 0 aliphatic heterocycles. The van der Waals surface area contributed by atoms with Crippen molar-refractivity contribution in [2.45, 2.75) is 33.1 Å². The summed E-state index contributed by atoms with van der Waals surface area (Å²) in [6.07, 6.45) is 2.93. The fraction of sp³-hybridized carbons (Fsp3) is 0.222. The molecule has 6 heteroatoms. The summed E-state index contributed by atoms with van der Waals surface area (Å²) in [5.41, 5.74) is 5.48. The number of nitrogens with zero attached hydrogens (tertiary/aromatic N) is 2. The van der Waals surface area contributed by atoms with Gasteiger partial charge >= 0.3 is 0 Å². The van der Waals surface area contributed by atoms with Gasteiger partial charge in [-0.3, -0.25) is 4.79 Å². The van der Waals surface area contributed by atoms with Gasteiger partial charge in [-0.2, -0.15) is 5.26 Å². The summed E-state index contributed by atoms with van der Waals surface area (Å²) < 4.78 is 0. The van der Waals surface area contributed by atoms with Crippen LogP contribution in [-0.4, -0.2) is 10.9 Å². The lowest BCUT2D eigenvalue weighted by Gasteiger charge is -2.17. The third-order valence-corrected chi connectivity index (χ3v) is 7.75. The van der Waals surface area contributed by atoms with E-state index in [1.54, 1.807) is 11.3 Å². The maximum Gasteiger partial charge on any atom is 0.257 e. The van der Waals surface area contributed by atoms with Gasteiger partial charge in [0.1, 0.15) is 11.1 Å². The van der Waals surface area contributed by atoms with Crippen LogP contribution in [-0.2, 0) is 12.8 Å². The van der Waals surface area contributed by atoms with E-state index < -0.39 is 0 Å². The molecule has 164 valence electrons. The normalized spacial score (nSPS) is 15.2. The molecule has 1 atom stereocenters. The molecule has 4 aromatic rings. The highest BCUT2D eigenvalue weighted by molar-refractivity contribution is 7.16. The molecule has 0 saturated heterocycles. The molecule has 2 aromatic carbocycles. The summed E-state index contributed by atoms with van der Waals surface area (Å²) in [7, 11) is 0. The maximum absolute atomic E-state index is 13.7. The van der Waals surface area contributed by atoms with Gasteiger partial charge in [0.05, 0.1) is 22.3 Å². The number of hydrogen-bond donors (Lipinski definition) is 1. The standard InChI is InChI=1S/C27H22ClN3OS/c1-15-7-12-19-21(14-29)27(33-23(19)13-15)31-26(32)24-16(2)25(17-8-10-18(28)11-9-17)30-22-6-4-3-5-20(22)24/h3-6,8-11,15H,7,12-13H2,1-2H3,(H,31,32). The van der Waals surface area contributed by atoms with Crippen LogP contribution < -0.4 is 5.32 Å². The number of aromatic nitrogens is 1. The number of nitriles is 1. The molecule has 33 heavy (non-hydrogen) atoms. The monoisotopic (exact) mass is 471 g/mol. The quantitative estimate of drug-likeness (QED) is 0.344. The number of carbonyl (C=O) groups is 1. The van der Waals surface area contributed by atoms with E-state index in [1.807, 2.05) is 55.5 Å².